The molecule has 0 amide bonds. The van der Waals surface area contributed by atoms with Crippen molar-refractivity contribution in [1.82, 2.24) is 9.88 Å². The van der Waals surface area contributed by atoms with Crippen molar-refractivity contribution in [2.45, 2.75) is 20.8 Å². The van der Waals surface area contributed by atoms with Crippen LogP contribution in [0.5, 0.6) is 5.75 Å². The van der Waals surface area contributed by atoms with Crippen molar-refractivity contribution in [1.29, 1.82) is 0 Å². The number of fused-ring (bicyclic) bond motifs is 1. The first-order valence-electron chi connectivity index (χ1n) is 7.59. The van der Waals surface area contributed by atoms with Crippen molar-refractivity contribution >= 4 is 41.4 Å². The minimum absolute atomic E-state index is 0. The van der Waals surface area contributed by atoms with Crippen molar-refractivity contribution in [3.05, 3.63) is 30.0 Å². The van der Waals surface area contributed by atoms with Gasteiger partial charge in [-0.2, -0.15) is 0 Å². The predicted octanol–water partition coefficient (Wildman–Crippen LogP) is 4.15. The number of nitrogens with one attached hydrogen (secondary N) is 1. The van der Waals surface area contributed by atoms with E-state index in [1.54, 1.807) is 7.11 Å². The number of hydrogen-bond donors (Lipinski definition) is 1. The number of ether oxygens (including phenoxy) is 1. The molecule has 0 aliphatic heterocycles. The molecule has 0 fully saturated rings. The van der Waals surface area contributed by atoms with Gasteiger partial charge in [0.2, 0.25) is 0 Å². The number of nitrogens with zero attached hydrogens (tertiary/aromatic N) is 2. The molecule has 1 heterocycles. The quantitative estimate of drug-likeness (QED) is 0.805. The normalized spacial score (nSPS) is 10.1. The summed E-state index contributed by atoms with van der Waals surface area (Å²) < 4.78 is 5.49. The van der Waals surface area contributed by atoms with Crippen molar-refractivity contribution in [2.75, 3.05) is 38.6 Å². The van der Waals surface area contributed by atoms with Crippen LogP contribution in [-0.2, 0) is 0 Å². The number of aromatic nitrogens is 1. The van der Waals surface area contributed by atoms with E-state index in [2.05, 4.69) is 42.0 Å². The second kappa shape index (κ2) is 10.5. The van der Waals surface area contributed by atoms with E-state index in [1.165, 1.54) is 0 Å². The maximum atomic E-state index is 5.49. The van der Waals surface area contributed by atoms with Crippen LogP contribution in [-0.4, -0.2) is 43.2 Å². The Morgan fingerprint density at radius 3 is 2.52 bits per heavy atom. The largest absolute Gasteiger partial charge is 0.496 e. The van der Waals surface area contributed by atoms with Gasteiger partial charge in [-0.15, -0.1) is 24.8 Å². The van der Waals surface area contributed by atoms with Crippen LogP contribution < -0.4 is 10.1 Å². The van der Waals surface area contributed by atoms with E-state index in [9.17, 15) is 0 Å². The summed E-state index contributed by atoms with van der Waals surface area (Å²) in [5.74, 6) is 0.904. The summed E-state index contributed by atoms with van der Waals surface area (Å²) in [6.45, 7) is 10.5. The molecule has 0 radical (unpaired) electrons. The molecule has 1 aromatic heterocycles. The molecule has 0 bridgehead atoms. The molecule has 2 rings (SSSR count). The first kappa shape index (κ1) is 21.8. The van der Waals surface area contributed by atoms with E-state index in [1.807, 2.05) is 18.3 Å². The van der Waals surface area contributed by atoms with Crippen LogP contribution in [0.3, 0.4) is 0 Å². The number of likely N-dealkylation sites (N-methyl/N-ethyl adjacent to an activating group) is 1. The molecule has 1 aromatic carbocycles. The SMILES string of the molecule is CCN(CC)CCNc1cc(OC)c(C)c2cccnc12.Cl.Cl. The number of pyridine rings is 1. The Kier molecular flexibility index (Phi) is 9.96. The van der Waals surface area contributed by atoms with Gasteiger partial charge in [0, 0.05) is 36.3 Å². The summed E-state index contributed by atoms with van der Waals surface area (Å²) in [7, 11) is 1.71. The van der Waals surface area contributed by atoms with E-state index in [0.717, 1.165) is 54.1 Å². The standard InChI is InChI=1S/C17H25N3O.2ClH/c1-5-20(6-2)11-10-18-15-12-16(21-4)13(3)14-8-7-9-19-17(14)15;;/h7-9,12,18H,5-6,10-11H2,1-4H3;2*1H. The van der Waals surface area contributed by atoms with Gasteiger partial charge in [-0.3, -0.25) is 4.98 Å². The summed E-state index contributed by atoms with van der Waals surface area (Å²) in [5.41, 5.74) is 3.19. The van der Waals surface area contributed by atoms with E-state index in [-0.39, 0.29) is 24.8 Å². The van der Waals surface area contributed by atoms with Gasteiger partial charge >= 0.3 is 0 Å². The third-order valence-electron chi connectivity index (χ3n) is 3.97. The van der Waals surface area contributed by atoms with Gasteiger partial charge in [0.15, 0.2) is 0 Å². The topological polar surface area (TPSA) is 37.4 Å². The molecule has 23 heavy (non-hydrogen) atoms. The van der Waals surface area contributed by atoms with Crippen molar-refractivity contribution in [3.8, 4) is 5.75 Å². The maximum Gasteiger partial charge on any atom is 0.124 e. The van der Waals surface area contributed by atoms with Crippen LogP contribution in [0.25, 0.3) is 10.9 Å². The average molecular weight is 360 g/mol. The smallest absolute Gasteiger partial charge is 0.124 e. The molecular formula is C17H27Cl2N3O. The molecule has 0 unspecified atom stereocenters. The van der Waals surface area contributed by atoms with E-state index in [4.69, 9.17) is 4.74 Å². The molecule has 0 saturated carbocycles. The molecular weight excluding hydrogens is 333 g/mol. The van der Waals surface area contributed by atoms with Crippen LogP contribution >= 0.6 is 24.8 Å². The zero-order valence-electron chi connectivity index (χ0n) is 14.3. The van der Waals surface area contributed by atoms with E-state index < -0.39 is 0 Å². The van der Waals surface area contributed by atoms with Crippen molar-refractivity contribution < 1.29 is 4.74 Å². The summed E-state index contributed by atoms with van der Waals surface area (Å²) >= 11 is 0. The lowest BCUT2D eigenvalue weighted by molar-refractivity contribution is 0.316. The fraction of sp³-hybridized carbons (Fsp3) is 0.471. The highest BCUT2D eigenvalue weighted by Gasteiger charge is 2.10. The minimum atomic E-state index is 0. The van der Waals surface area contributed by atoms with Gasteiger partial charge in [-0.1, -0.05) is 19.9 Å². The van der Waals surface area contributed by atoms with Crippen LogP contribution in [0.15, 0.2) is 24.4 Å². The number of hydrogen-bond acceptors (Lipinski definition) is 4. The molecule has 130 valence electrons. The lowest BCUT2D eigenvalue weighted by Crippen LogP contribution is -2.28. The fourth-order valence-electron chi connectivity index (χ4n) is 2.60. The Morgan fingerprint density at radius 2 is 1.91 bits per heavy atom. The Hall–Kier alpha value is -1.23. The molecule has 1 N–H and O–H groups in total. The molecule has 0 saturated heterocycles. The van der Waals surface area contributed by atoms with Crippen LogP contribution in [0, 0.1) is 6.92 Å². The Morgan fingerprint density at radius 1 is 1.22 bits per heavy atom. The predicted molar refractivity (Wildman–Crippen MR) is 104 cm³/mol. The van der Waals surface area contributed by atoms with Crippen LogP contribution in [0.2, 0.25) is 0 Å². The second-order valence-corrected chi connectivity index (χ2v) is 5.10. The Bertz CT molecular complexity index is 604. The van der Waals surface area contributed by atoms with Crippen LogP contribution in [0.1, 0.15) is 19.4 Å². The lowest BCUT2D eigenvalue weighted by Gasteiger charge is -2.19. The molecule has 2 aromatic rings. The van der Waals surface area contributed by atoms with E-state index in [0.29, 0.717) is 0 Å². The van der Waals surface area contributed by atoms with Crippen molar-refractivity contribution in [3.63, 3.8) is 0 Å². The first-order chi connectivity index (χ1) is 10.2. The number of rotatable bonds is 7. The van der Waals surface area contributed by atoms with Gasteiger partial charge in [-0.25, -0.2) is 0 Å². The third-order valence-corrected chi connectivity index (χ3v) is 3.97. The number of methoxy groups -OCH3 is 1. The number of aryl methyl sites for hydroxylation is 1. The summed E-state index contributed by atoms with van der Waals surface area (Å²) in [5, 5.41) is 4.65. The Labute approximate surface area is 151 Å². The molecule has 0 atom stereocenters. The van der Waals surface area contributed by atoms with Gasteiger partial charge < -0.3 is 15.0 Å². The van der Waals surface area contributed by atoms with E-state index >= 15 is 0 Å². The van der Waals surface area contributed by atoms with Gasteiger partial charge in [0.25, 0.3) is 0 Å². The first-order valence-corrected chi connectivity index (χ1v) is 7.59. The highest BCUT2D eigenvalue weighted by Crippen LogP contribution is 2.32. The number of benzene rings is 1. The fourth-order valence-corrected chi connectivity index (χ4v) is 2.60. The molecule has 4 nitrogen and oxygen atoms in total. The van der Waals surface area contributed by atoms with Gasteiger partial charge in [0.1, 0.15) is 5.75 Å². The number of halogens is 2. The van der Waals surface area contributed by atoms with Crippen molar-refractivity contribution in [2.24, 2.45) is 0 Å². The molecule has 0 aliphatic carbocycles. The maximum absolute atomic E-state index is 5.49. The molecule has 0 spiro atoms. The molecule has 0 aliphatic rings. The zero-order chi connectivity index (χ0) is 15.2. The summed E-state index contributed by atoms with van der Waals surface area (Å²) in [6.07, 6.45) is 1.84. The highest BCUT2D eigenvalue weighted by atomic mass is 35.5. The monoisotopic (exact) mass is 359 g/mol. The third kappa shape index (κ3) is 5.13. The second-order valence-electron chi connectivity index (χ2n) is 5.10. The molecule has 6 heteroatoms. The van der Waals surface area contributed by atoms with Crippen LogP contribution in [0.4, 0.5) is 5.69 Å². The Balaban J connectivity index is 0.00000242. The highest BCUT2D eigenvalue weighted by molar-refractivity contribution is 5.94. The number of anilines is 1. The van der Waals surface area contributed by atoms with Gasteiger partial charge in [0.05, 0.1) is 18.3 Å². The minimum Gasteiger partial charge on any atom is -0.496 e. The zero-order valence-corrected chi connectivity index (χ0v) is 15.9. The average Bonchev–Trinajstić information content (AvgIpc) is 2.53. The summed E-state index contributed by atoms with van der Waals surface area (Å²) in [6, 6.07) is 6.11. The lowest BCUT2D eigenvalue weighted by atomic mass is 10.1. The van der Waals surface area contributed by atoms with Gasteiger partial charge in [-0.05, 0) is 26.1 Å². The summed E-state index contributed by atoms with van der Waals surface area (Å²) in [4.78, 5) is 6.92.